The molecule has 5 N–H and O–H groups in total. The summed E-state index contributed by atoms with van der Waals surface area (Å²) in [4.78, 5) is 32.0. The summed E-state index contributed by atoms with van der Waals surface area (Å²) in [6, 6.07) is 11.9. The van der Waals surface area contributed by atoms with Crippen molar-refractivity contribution < 1.29 is 39.9 Å². The standard InChI is InChI=1S/C32H41Cl2N3O8/c1-35(16-25(39)29(42)30(43)26(40)17-38)28(41)9-6-19-14-22(34)27(15-21(19)33)45-18-32(10-11-32)31(44)37-13-12-36(20-7-8-20)23-4-2-3-5-24(23)37/h2-5,14-15,20,25-26,29-30,38-40,42-43H,6-13,16-18H2,1H3/t25-,26+,29+,30+/m0/s1. The number of ether oxygens (including phenoxy) is 1. The fourth-order valence-corrected chi connectivity index (χ4v) is 6.28. The lowest BCUT2D eigenvalue weighted by Crippen LogP contribution is -2.50. The van der Waals surface area contributed by atoms with Gasteiger partial charge in [0.15, 0.2) is 0 Å². The predicted molar refractivity (Wildman–Crippen MR) is 170 cm³/mol. The minimum atomic E-state index is -1.78. The second-order valence-electron chi connectivity index (χ2n) is 12.4. The van der Waals surface area contributed by atoms with Crippen molar-refractivity contribution >= 4 is 46.4 Å². The minimum Gasteiger partial charge on any atom is -0.491 e. The maximum atomic E-state index is 13.8. The number of likely N-dealkylation sites (N-methyl/N-ethyl adjacent to an activating group) is 1. The summed E-state index contributed by atoms with van der Waals surface area (Å²) >= 11 is 13.1. The normalized spacial score (nSPS) is 19.7. The lowest BCUT2D eigenvalue weighted by atomic mass is 10.0. The topological polar surface area (TPSA) is 154 Å². The van der Waals surface area contributed by atoms with E-state index in [1.807, 2.05) is 23.1 Å². The van der Waals surface area contributed by atoms with Gasteiger partial charge in [0.25, 0.3) is 0 Å². The first kappa shape index (κ1) is 33.7. The van der Waals surface area contributed by atoms with Crippen molar-refractivity contribution in [2.24, 2.45) is 5.41 Å². The van der Waals surface area contributed by atoms with Crippen LogP contribution in [0.2, 0.25) is 10.0 Å². The molecule has 0 saturated heterocycles. The van der Waals surface area contributed by atoms with E-state index >= 15 is 0 Å². The Morgan fingerprint density at radius 1 is 1.00 bits per heavy atom. The van der Waals surface area contributed by atoms with Crippen molar-refractivity contribution in [3.63, 3.8) is 0 Å². The molecule has 0 unspecified atom stereocenters. The van der Waals surface area contributed by atoms with Crippen molar-refractivity contribution in [3.8, 4) is 5.75 Å². The van der Waals surface area contributed by atoms with Crippen LogP contribution in [0, 0.1) is 5.41 Å². The summed E-state index contributed by atoms with van der Waals surface area (Å²) in [5.74, 6) is 0.0518. The molecule has 11 nitrogen and oxygen atoms in total. The number of benzene rings is 2. The molecule has 2 aromatic rings. The number of hydrogen-bond acceptors (Lipinski definition) is 9. The Labute approximate surface area is 272 Å². The Balaban J connectivity index is 1.15. The van der Waals surface area contributed by atoms with Crippen LogP contribution in [0.4, 0.5) is 11.4 Å². The molecule has 13 heteroatoms. The minimum absolute atomic E-state index is 0.0183. The van der Waals surface area contributed by atoms with E-state index in [0.717, 1.165) is 30.8 Å². The first-order chi connectivity index (χ1) is 21.5. The highest BCUT2D eigenvalue weighted by atomic mass is 35.5. The van der Waals surface area contributed by atoms with Crippen molar-refractivity contribution in [2.75, 3.05) is 49.7 Å². The monoisotopic (exact) mass is 665 g/mol. The van der Waals surface area contributed by atoms with Crippen LogP contribution < -0.4 is 14.5 Å². The quantitative estimate of drug-likeness (QED) is 0.204. The number of fused-ring (bicyclic) bond motifs is 1. The third-order valence-electron chi connectivity index (χ3n) is 9.01. The van der Waals surface area contributed by atoms with Gasteiger partial charge in [-0.05, 0) is 55.9 Å². The molecule has 2 aromatic carbocycles. The van der Waals surface area contributed by atoms with Crippen molar-refractivity contribution in [3.05, 3.63) is 52.0 Å². The summed E-state index contributed by atoms with van der Waals surface area (Å²) in [5, 5.41) is 49.0. The van der Waals surface area contributed by atoms with Crippen LogP contribution in [0.1, 0.15) is 37.7 Å². The van der Waals surface area contributed by atoms with Gasteiger partial charge in [-0.25, -0.2) is 0 Å². The van der Waals surface area contributed by atoms with Crippen LogP contribution in [0.25, 0.3) is 0 Å². The maximum absolute atomic E-state index is 13.8. The van der Waals surface area contributed by atoms with E-state index in [1.165, 1.54) is 24.8 Å². The SMILES string of the molecule is CN(C[C@H](O)[C@@H](O)[C@H](O)[C@H](O)CO)C(=O)CCc1cc(Cl)c(OCC2(C(=O)N3CCN(C4CC4)c4ccccc43)CC2)cc1Cl. The summed E-state index contributed by atoms with van der Waals surface area (Å²) < 4.78 is 6.09. The Kier molecular flexibility index (Phi) is 10.5. The third-order valence-corrected chi connectivity index (χ3v) is 9.66. The Hall–Kier alpha value is -2.64. The van der Waals surface area contributed by atoms with Crippen LogP contribution in [-0.4, -0.2) is 113 Å². The predicted octanol–water partition coefficient (Wildman–Crippen LogP) is 1.99. The first-order valence-electron chi connectivity index (χ1n) is 15.3. The second-order valence-corrected chi connectivity index (χ2v) is 13.2. The molecular weight excluding hydrogens is 625 g/mol. The second kappa shape index (κ2) is 14.0. The van der Waals surface area contributed by atoms with Crippen LogP contribution in [0.3, 0.4) is 0 Å². The van der Waals surface area contributed by atoms with Gasteiger partial charge in [0.2, 0.25) is 11.8 Å². The van der Waals surface area contributed by atoms with E-state index < -0.39 is 36.4 Å². The number of nitrogens with zero attached hydrogens (tertiary/aromatic N) is 3. The van der Waals surface area contributed by atoms with E-state index in [2.05, 4.69) is 11.0 Å². The zero-order valence-electron chi connectivity index (χ0n) is 25.2. The molecule has 1 aliphatic heterocycles. The molecule has 2 fully saturated rings. The van der Waals surface area contributed by atoms with Gasteiger partial charge in [0.1, 0.15) is 36.8 Å². The van der Waals surface area contributed by atoms with Gasteiger partial charge in [-0.3, -0.25) is 9.59 Å². The number of aryl methyl sites for hydroxylation is 1. The molecule has 45 heavy (non-hydrogen) atoms. The summed E-state index contributed by atoms with van der Waals surface area (Å²) in [7, 11) is 1.43. The number of carbonyl (C=O) groups is 2. The highest BCUT2D eigenvalue weighted by molar-refractivity contribution is 6.34. The van der Waals surface area contributed by atoms with Crippen LogP contribution in [0.5, 0.6) is 5.75 Å². The highest BCUT2D eigenvalue weighted by Gasteiger charge is 2.54. The number of aliphatic hydroxyl groups excluding tert-OH is 5. The average Bonchev–Trinajstić information content (AvgIpc) is 3.98. The number of anilines is 2. The molecular formula is C32H41Cl2N3O8. The maximum Gasteiger partial charge on any atom is 0.236 e. The van der Waals surface area contributed by atoms with Gasteiger partial charge in [-0.15, -0.1) is 0 Å². The molecule has 2 saturated carbocycles. The number of rotatable bonds is 14. The van der Waals surface area contributed by atoms with Crippen molar-refractivity contribution in [1.29, 1.82) is 0 Å². The zero-order chi connectivity index (χ0) is 32.5. The van der Waals surface area contributed by atoms with E-state index in [1.54, 1.807) is 12.1 Å². The number of para-hydroxylation sites is 2. The highest BCUT2D eigenvalue weighted by Crippen LogP contribution is 2.50. The molecule has 5 rings (SSSR count). The van der Waals surface area contributed by atoms with Gasteiger partial charge < -0.3 is 45.0 Å². The number of halogens is 2. The number of carbonyl (C=O) groups excluding carboxylic acids is 2. The van der Waals surface area contributed by atoms with Crippen LogP contribution >= 0.6 is 23.2 Å². The summed E-state index contributed by atoms with van der Waals surface area (Å²) in [6.07, 6.45) is -2.63. The van der Waals surface area contributed by atoms with Crippen LogP contribution in [0.15, 0.2) is 36.4 Å². The number of hydrogen-bond donors (Lipinski definition) is 5. The van der Waals surface area contributed by atoms with Gasteiger partial charge in [0.05, 0.1) is 28.4 Å². The van der Waals surface area contributed by atoms with Crippen molar-refractivity contribution in [2.45, 2.75) is 69.0 Å². The van der Waals surface area contributed by atoms with Crippen LogP contribution in [-0.2, 0) is 16.0 Å². The molecule has 2 aliphatic carbocycles. The van der Waals surface area contributed by atoms with E-state index in [9.17, 15) is 30.0 Å². The molecule has 0 bridgehead atoms. The lowest BCUT2D eigenvalue weighted by molar-refractivity contribution is -0.137. The number of aliphatic hydroxyl groups is 5. The van der Waals surface area contributed by atoms with E-state index in [-0.39, 0.29) is 37.8 Å². The average molecular weight is 667 g/mol. The van der Waals surface area contributed by atoms with Gasteiger partial charge in [-0.1, -0.05) is 35.3 Å². The zero-order valence-corrected chi connectivity index (χ0v) is 26.7. The molecule has 0 radical (unpaired) electrons. The van der Waals surface area contributed by atoms with E-state index in [4.69, 9.17) is 33.0 Å². The van der Waals surface area contributed by atoms with Crippen molar-refractivity contribution in [1.82, 2.24) is 4.90 Å². The molecule has 1 heterocycles. The first-order valence-corrected chi connectivity index (χ1v) is 16.1. The smallest absolute Gasteiger partial charge is 0.236 e. The fraction of sp³-hybridized carbons (Fsp3) is 0.562. The summed E-state index contributed by atoms with van der Waals surface area (Å²) in [6.45, 7) is 0.523. The van der Waals surface area contributed by atoms with Gasteiger partial charge in [-0.2, -0.15) is 0 Å². The molecule has 0 spiro atoms. The molecule has 4 atom stereocenters. The molecule has 3 aliphatic rings. The third kappa shape index (κ3) is 7.51. The number of amides is 2. The van der Waals surface area contributed by atoms with Gasteiger partial charge >= 0.3 is 0 Å². The largest absolute Gasteiger partial charge is 0.491 e. The fourth-order valence-electron chi connectivity index (χ4n) is 5.79. The lowest BCUT2D eigenvalue weighted by Gasteiger charge is -2.39. The molecule has 246 valence electrons. The Morgan fingerprint density at radius 3 is 2.31 bits per heavy atom. The molecule has 2 amide bonds. The molecule has 0 aromatic heterocycles. The Morgan fingerprint density at radius 2 is 1.67 bits per heavy atom. The van der Waals surface area contributed by atoms with E-state index in [0.29, 0.717) is 33.9 Å². The van der Waals surface area contributed by atoms with Gasteiger partial charge in [0, 0.05) is 50.2 Å². The summed E-state index contributed by atoms with van der Waals surface area (Å²) in [5.41, 5.74) is 2.04. The Bertz CT molecular complexity index is 1390.